The van der Waals surface area contributed by atoms with E-state index in [9.17, 15) is 0 Å². The zero-order valence-electron chi connectivity index (χ0n) is 8.55. The number of imidazole rings is 1. The third-order valence-corrected chi connectivity index (χ3v) is 2.65. The lowest BCUT2D eigenvalue weighted by Gasteiger charge is -1.98. The largest absolute Gasteiger partial charge is 0.339 e. The molecule has 1 fully saturated rings. The summed E-state index contributed by atoms with van der Waals surface area (Å²) in [5.74, 6) is 3.02. The van der Waals surface area contributed by atoms with Crippen LogP contribution in [-0.2, 0) is 6.54 Å². The molecule has 15 heavy (non-hydrogen) atoms. The van der Waals surface area contributed by atoms with Gasteiger partial charge in [-0.1, -0.05) is 5.16 Å². The lowest BCUT2D eigenvalue weighted by Crippen LogP contribution is -2.02. The van der Waals surface area contributed by atoms with Gasteiger partial charge in [-0.05, 0) is 19.8 Å². The van der Waals surface area contributed by atoms with E-state index in [0.29, 0.717) is 12.5 Å². The van der Waals surface area contributed by atoms with Gasteiger partial charge in [-0.15, -0.1) is 0 Å². The number of aromatic nitrogens is 4. The van der Waals surface area contributed by atoms with Crippen molar-refractivity contribution in [2.24, 2.45) is 0 Å². The first kappa shape index (κ1) is 8.64. The number of hydrogen-bond acceptors (Lipinski definition) is 4. The predicted molar refractivity (Wildman–Crippen MR) is 52.3 cm³/mol. The van der Waals surface area contributed by atoms with Crippen LogP contribution in [0.2, 0.25) is 0 Å². The SMILES string of the molecule is Cc1nccn1Cc1noc(C2CC2)n1. The maximum absolute atomic E-state index is 5.18. The molecule has 78 valence electrons. The van der Waals surface area contributed by atoms with E-state index in [0.717, 1.165) is 17.5 Å². The Kier molecular flexibility index (Phi) is 1.83. The second kappa shape index (κ2) is 3.18. The quantitative estimate of drug-likeness (QED) is 0.760. The molecule has 2 aromatic heterocycles. The summed E-state index contributed by atoms with van der Waals surface area (Å²) in [5, 5.41) is 3.96. The molecule has 0 spiro atoms. The molecule has 1 aliphatic carbocycles. The van der Waals surface area contributed by atoms with Gasteiger partial charge in [-0.25, -0.2) is 4.98 Å². The Morgan fingerprint density at radius 3 is 3.07 bits per heavy atom. The molecule has 0 saturated heterocycles. The average molecular weight is 204 g/mol. The first-order valence-electron chi connectivity index (χ1n) is 5.13. The van der Waals surface area contributed by atoms with Gasteiger partial charge in [0.05, 0.1) is 6.54 Å². The predicted octanol–water partition coefficient (Wildman–Crippen LogP) is 1.50. The smallest absolute Gasteiger partial charge is 0.229 e. The molecule has 0 radical (unpaired) electrons. The van der Waals surface area contributed by atoms with E-state index < -0.39 is 0 Å². The third-order valence-electron chi connectivity index (χ3n) is 2.65. The molecule has 0 aliphatic heterocycles. The first-order chi connectivity index (χ1) is 7.33. The van der Waals surface area contributed by atoms with Crippen molar-refractivity contribution in [3.05, 3.63) is 29.9 Å². The van der Waals surface area contributed by atoms with E-state index in [1.807, 2.05) is 17.7 Å². The van der Waals surface area contributed by atoms with Gasteiger partial charge in [0.15, 0.2) is 5.82 Å². The summed E-state index contributed by atoms with van der Waals surface area (Å²) in [7, 11) is 0. The lowest BCUT2D eigenvalue weighted by molar-refractivity contribution is 0.373. The van der Waals surface area contributed by atoms with Crippen LogP contribution in [0.1, 0.15) is 36.3 Å². The number of rotatable bonds is 3. The summed E-state index contributed by atoms with van der Waals surface area (Å²) in [6.07, 6.45) is 6.07. The van der Waals surface area contributed by atoms with Crippen molar-refractivity contribution in [3.8, 4) is 0 Å². The Hall–Kier alpha value is -1.65. The summed E-state index contributed by atoms with van der Waals surface area (Å²) < 4.78 is 7.18. The fourth-order valence-corrected chi connectivity index (χ4v) is 1.55. The zero-order valence-corrected chi connectivity index (χ0v) is 8.55. The zero-order chi connectivity index (χ0) is 10.3. The molecule has 1 aliphatic rings. The van der Waals surface area contributed by atoms with Gasteiger partial charge < -0.3 is 9.09 Å². The molecule has 1 saturated carbocycles. The van der Waals surface area contributed by atoms with E-state index in [-0.39, 0.29) is 0 Å². The van der Waals surface area contributed by atoms with Gasteiger partial charge in [0.25, 0.3) is 0 Å². The minimum atomic E-state index is 0.523. The van der Waals surface area contributed by atoms with Crippen LogP contribution >= 0.6 is 0 Å². The second-order valence-corrected chi connectivity index (χ2v) is 3.93. The molecule has 3 rings (SSSR count). The van der Waals surface area contributed by atoms with Crippen molar-refractivity contribution >= 4 is 0 Å². The molecule has 5 nitrogen and oxygen atoms in total. The molecular formula is C10H12N4O. The number of hydrogen-bond donors (Lipinski definition) is 0. The van der Waals surface area contributed by atoms with Gasteiger partial charge in [0.2, 0.25) is 5.89 Å². The van der Waals surface area contributed by atoms with Gasteiger partial charge in [-0.3, -0.25) is 0 Å². The fraction of sp³-hybridized carbons (Fsp3) is 0.500. The number of nitrogens with zero attached hydrogens (tertiary/aromatic N) is 4. The van der Waals surface area contributed by atoms with E-state index in [4.69, 9.17) is 4.52 Å². The molecule has 0 atom stereocenters. The molecule has 0 bridgehead atoms. The summed E-state index contributed by atoms with van der Waals surface area (Å²) in [6.45, 7) is 2.60. The Labute approximate surface area is 87.1 Å². The number of aryl methyl sites for hydroxylation is 1. The van der Waals surface area contributed by atoms with Crippen LogP contribution in [0.4, 0.5) is 0 Å². The van der Waals surface area contributed by atoms with Crippen LogP contribution < -0.4 is 0 Å². The Morgan fingerprint density at radius 2 is 2.40 bits per heavy atom. The Balaban J connectivity index is 1.79. The summed E-state index contributed by atoms with van der Waals surface area (Å²) in [5.41, 5.74) is 0. The molecule has 0 unspecified atom stereocenters. The maximum atomic E-state index is 5.18. The normalized spacial score (nSPS) is 15.8. The Morgan fingerprint density at radius 1 is 1.53 bits per heavy atom. The van der Waals surface area contributed by atoms with Crippen molar-refractivity contribution in [1.29, 1.82) is 0 Å². The molecule has 0 aromatic carbocycles. The lowest BCUT2D eigenvalue weighted by atomic mass is 10.4. The van der Waals surface area contributed by atoms with E-state index >= 15 is 0 Å². The topological polar surface area (TPSA) is 56.7 Å². The van der Waals surface area contributed by atoms with Crippen molar-refractivity contribution in [1.82, 2.24) is 19.7 Å². The summed E-state index contributed by atoms with van der Waals surface area (Å²) >= 11 is 0. The van der Waals surface area contributed by atoms with E-state index in [1.165, 1.54) is 12.8 Å². The van der Waals surface area contributed by atoms with Gasteiger partial charge in [0, 0.05) is 18.3 Å². The van der Waals surface area contributed by atoms with Crippen molar-refractivity contribution in [2.75, 3.05) is 0 Å². The van der Waals surface area contributed by atoms with Crippen LogP contribution in [0, 0.1) is 6.92 Å². The summed E-state index contributed by atoms with van der Waals surface area (Å²) in [6, 6.07) is 0. The molecule has 0 N–H and O–H groups in total. The van der Waals surface area contributed by atoms with Gasteiger partial charge in [0.1, 0.15) is 5.82 Å². The van der Waals surface area contributed by atoms with Crippen LogP contribution in [-0.4, -0.2) is 19.7 Å². The highest BCUT2D eigenvalue weighted by Gasteiger charge is 2.29. The van der Waals surface area contributed by atoms with Crippen molar-refractivity contribution < 1.29 is 4.52 Å². The molecular weight excluding hydrogens is 192 g/mol. The highest BCUT2D eigenvalue weighted by Crippen LogP contribution is 2.38. The maximum Gasteiger partial charge on any atom is 0.229 e. The minimum Gasteiger partial charge on any atom is -0.339 e. The van der Waals surface area contributed by atoms with Crippen LogP contribution in [0.3, 0.4) is 0 Å². The minimum absolute atomic E-state index is 0.523. The van der Waals surface area contributed by atoms with Crippen LogP contribution in [0.5, 0.6) is 0 Å². The van der Waals surface area contributed by atoms with Gasteiger partial charge in [-0.2, -0.15) is 4.98 Å². The average Bonchev–Trinajstić information content (AvgIpc) is 2.86. The monoisotopic (exact) mass is 204 g/mol. The standard InChI is InChI=1S/C10H12N4O/c1-7-11-4-5-14(7)6-9-12-10(15-13-9)8-2-3-8/h4-5,8H,2-3,6H2,1H3. The van der Waals surface area contributed by atoms with Gasteiger partial charge >= 0.3 is 0 Å². The van der Waals surface area contributed by atoms with E-state index in [1.54, 1.807) is 6.20 Å². The van der Waals surface area contributed by atoms with Crippen molar-refractivity contribution in [2.45, 2.75) is 32.2 Å². The third kappa shape index (κ3) is 1.65. The Bertz CT molecular complexity index is 469. The van der Waals surface area contributed by atoms with Crippen molar-refractivity contribution in [3.63, 3.8) is 0 Å². The second-order valence-electron chi connectivity index (χ2n) is 3.93. The fourth-order valence-electron chi connectivity index (χ4n) is 1.55. The van der Waals surface area contributed by atoms with Crippen LogP contribution in [0.25, 0.3) is 0 Å². The van der Waals surface area contributed by atoms with E-state index in [2.05, 4.69) is 15.1 Å². The highest BCUT2D eigenvalue weighted by molar-refractivity contribution is 5.02. The molecule has 2 aromatic rings. The highest BCUT2D eigenvalue weighted by atomic mass is 16.5. The molecule has 5 heteroatoms. The summed E-state index contributed by atoms with van der Waals surface area (Å²) in [4.78, 5) is 8.51. The first-order valence-corrected chi connectivity index (χ1v) is 5.13. The molecule has 0 amide bonds. The van der Waals surface area contributed by atoms with Crippen LogP contribution in [0.15, 0.2) is 16.9 Å². The molecule has 2 heterocycles.